The summed E-state index contributed by atoms with van der Waals surface area (Å²) < 4.78 is 0. The first-order chi connectivity index (χ1) is 9.95. The Bertz CT molecular complexity index is 544. The standard InChI is InChI=1S/C15H20ClN3O2/c1-10-12(16)4-3-5-13(10)18-15(21)9-19(2)8-14(20)17-11-6-7-11/h3-5,11H,6-9H2,1-2H3,(H,17,20)(H,18,21)/p+1. The van der Waals surface area contributed by atoms with Gasteiger partial charge in [-0.1, -0.05) is 17.7 Å². The quantitative estimate of drug-likeness (QED) is 0.711. The van der Waals surface area contributed by atoms with Crippen LogP contribution < -0.4 is 15.5 Å². The number of likely N-dealkylation sites (N-methyl/N-ethyl adjacent to an activating group) is 1. The molecule has 0 heterocycles. The molecule has 0 saturated heterocycles. The number of amides is 2. The average Bonchev–Trinajstić information content (AvgIpc) is 3.18. The fourth-order valence-electron chi connectivity index (χ4n) is 2.05. The zero-order chi connectivity index (χ0) is 15.4. The SMILES string of the molecule is Cc1c(Cl)cccc1NC(=O)C[NH+](C)CC(=O)NC1CC1. The van der Waals surface area contributed by atoms with Crippen molar-refractivity contribution in [1.82, 2.24) is 5.32 Å². The van der Waals surface area contributed by atoms with E-state index >= 15 is 0 Å². The van der Waals surface area contributed by atoms with E-state index in [9.17, 15) is 9.59 Å². The molecule has 0 aromatic heterocycles. The van der Waals surface area contributed by atoms with Gasteiger partial charge < -0.3 is 15.5 Å². The Hall–Kier alpha value is -1.59. The topological polar surface area (TPSA) is 62.6 Å². The first-order valence-electron chi connectivity index (χ1n) is 7.11. The van der Waals surface area contributed by atoms with E-state index in [4.69, 9.17) is 11.6 Å². The summed E-state index contributed by atoms with van der Waals surface area (Å²) in [5.41, 5.74) is 1.55. The molecule has 1 aliphatic rings. The molecule has 0 aliphatic heterocycles. The normalized spacial score (nSPS) is 15.4. The van der Waals surface area contributed by atoms with Crippen molar-refractivity contribution in [3.8, 4) is 0 Å². The summed E-state index contributed by atoms with van der Waals surface area (Å²) in [6.07, 6.45) is 2.14. The summed E-state index contributed by atoms with van der Waals surface area (Å²) in [5.74, 6) is -0.126. The van der Waals surface area contributed by atoms with Crippen LogP contribution in [0.5, 0.6) is 0 Å². The van der Waals surface area contributed by atoms with E-state index in [0.29, 0.717) is 23.3 Å². The summed E-state index contributed by atoms with van der Waals surface area (Å²) in [6, 6.07) is 5.75. The van der Waals surface area contributed by atoms with E-state index < -0.39 is 0 Å². The van der Waals surface area contributed by atoms with Gasteiger partial charge in [0.15, 0.2) is 13.1 Å². The molecule has 1 aromatic carbocycles. The van der Waals surface area contributed by atoms with Crippen LogP contribution in [0.15, 0.2) is 18.2 Å². The predicted molar refractivity (Wildman–Crippen MR) is 82.6 cm³/mol. The second-order valence-corrected chi connectivity index (χ2v) is 6.02. The maximum absolute atomic E-state index is 12.0. The van der Waals surface area contributed by atoms with Gasteiger partial charge in [0.25, 0.3) is 11.8 Å². The number of nitrogens with one attached hydrogen (secondary N) is 3. The molecule has 21 heavy (non-hydrogen) atoms. The first kappa shape index (κ1) is 15.8. The third-order valence-electron chi connectivity index (χ3n) is 3.41. The predicted octanol–water partition coefficient (Wildman–Crippen LogP) is 0.380. The number of quaternary nitrogens is 1. The molecule has 1 aromatic rings. The highest BCUT2D eigenvalue weighted by molar-refractivity contribution is 6.31. The number of hydrogen-bond donors (Lipinski definition) is 3. The lowest BCUT2D eigenvalue weighted by atomic mass is 10.2. The van der Waals surface area contributed by atoms with Crippen molar-refractivity contribution in [2.45, 2.75) is 25.8 Å². The molecule has 1 fully saturated rings. The largest absolute Gasteiger partial charge is 0.348 e. The number of halogens is 1. The van der Waals surface area contributed by atoms with Gasteiger partial charge in [-0.25, -0.2) is 0 Å². The number of hydrogen-bond acceptors (Lipinski definition) is 2. The van der Waals surface area contributed by atoms with E-state index in [2.05, 4.69) is 10.6 Å². The lowest BCUT2D eigenvalue weighted by molar-refractivity contribution is -0.862. The molecular weight excluding hydrogens is 290 g/mol. The van der Waals surface area contributed by atoms with Gasteiger partial charge in [0, 0.05) is 16.8 Å². The lowest BCUT2D eigenvalue weighted by Gasteiger charge is -2.14. The van der Waals surface area contributed by atoms with Crippen molar-refractivity contribution in [2.24, 2.45) is 0 Å². The molecular formula is C15H21ClN3O2+. The Labute approximate surface area is 129 Å². The smallest absolute Gasteiger partial charge is 0.279 e. The van der Waals surface area contributed by atoms with Gasteiger partial charge in [0.05, 0.1) is 7.05 Å². The van der Waals surface area contributed by atoms with Crippen molar-refractivity contribution in [3.05, 3.63) is 28.8 Å². The van der Waals surface area contributed by atoms with E-state index in [1.807, 2.05) is 20.0 Å². The molecule has 6 heteroatoms. The van der Waals surface area contributed by atoms with Gasteiger partial charge in [0.2, 0.25) is 0 Å². The minimum atomic E-state index is -0.128. The number of carbonyl (C=O) groups is 2. The molecule has 2 amide bonds. The van der Waals surface area contributed by atoms with E-state index in [-0.39, 0.29) is 18.4 Å². The van der Waals surface area contributed by atoms with Crippen LogP contribution in [-0.2, 0) is 9.59 Å². The molecule has 1 aliphatic carbocycles. The van der Waals surface area contributed by atoms with Crippen LogP contribution >= 0.6 is 11.6 Å². The summed E-state index contributed by atoms with van der Waals surface area (Å²) in [5, 5.41) is 6.37. The average molecular weight is 311 g/mol. The molecule has 114 valence electrons. The Balaban J connectivity index is 1.80. The molecule has 2 rings (SSSR count). The number of carbonyl (C=O) groups excluding carboxylic acids is 2. The van der Waals surface area contributed by atoms with E-state index in [0.717, 1.165) is 23.3 Å². The zero-order valence-electron chi connectivity index (χ0n) is 12.3. The maximum Gasteiger partial charge on any atom is 0.279 e. The molecule has 0 spiro atoms. The van der Waals surface area contributed by atoms with Crippen LogP contribution in [0.3, 0.4) is 0 Å². The van der Waals surface area contributed by atoms with Gasteiger partial charge in [-0.15, -0.1) is 0 Å². The lowest BCUT2D eigenvalue weighted by Crippen LogP contribution is -3.11. The van der Waals surface area contributed by atoms with E-state index in [1.165, 1.54) is 0 Å². The molecule has 1 unspecified atom stereocenters. The summed E-state index contributed by atoms with van der Waals surface area (Å²) in [7, 11) is 1.83. The number of benzene rings is 1. The minimum absolute atomic E-state index is 0.00161. The van der Waals surface area contributed by atoms with Gasteiger partial charge >= 0.3 is 0 Å². The van der Waals surface area contributed by atoms with Crippen LogP contribution in [-0.4, -0.2) is 38.0 Å². The van der Waals surface area contributed by atoms with Gasteiger partial charge in [-0.05, 0) is 37.5 Å². The Kier molecular flexibility index (Phi) is 5.20. The Morgan fingerprint density at radius 1 is 1.29 bits per heavy atom. The highest BCUT2D eigenvalue weighted by Crippen LogP contribution is 2.22. The highest BCUT2D eigenvalue weighted by Gasteiger charge is 2.24. The molecule has 5 nitrogen and oxygen atoms in total. The van der Waals surface area contributed by atoms with Crippen molar-refractivity contribution in [2.75, 3.05) is 25.5 Å². The van der Waals surface area contributed by atoms with Crippen molar-refractivity contribution < 1.29 is 14.5 Å². The Morgan fingerprint density at radius 2 is 1.95 bits per heavy atom. The first-order valence-corrected chi connectivity index (χ1v) is 7.49. The van der Waals surface area contributed by atoms with Crippen LogP contribution in [0.1, 0.15) is 18.4 Å². The zero-order valence-corrected chi connectivity index (χ0v) is 13.1. The minimum Gasteiger partial charge on any atom is -0.348 e. The molecule has 1 atom stereocenters. The van der Waals surface area contributed by atoms with Crippen molar-refractivity contribution in [3.63, 3.8) is 0 Å². The second kappa shape index (κ2) is 6.91. The fourth-order valence-corrected chi connectivity index (χ4v) is 2.23. The fraction of sp³-hybridized carbons (Fsp3) is 0.467. The molecule has 0 bridgehead atoms. The van der Waals surface area contributed by atoms with Crippen LogP contribution in [0, 0.1) is 6.92 Å². The molecule has 0 radical (unpaired) electrons. The third-order valence-corrected chi connectivity index (χ3v) is 3.82. The van der Waals surface area contributed by atoms with E-state index in [1.54, 1.807) is 12.1 Å². The monoisotopic (exact) mass is 310 g/mol. The van der Waals surface area contributed by atoms with Gasteiger partial charge in [-0.3, -0.25) is 9.59 Å². The van der Waals surface area contributed by atoms with Crippen LogP contribution in [0.4, 0.5) is 5.69 Å². The molecule has 1 saturated carbocycles. The number of anilines is 1. The van der Waals surface area contributed by atoms with Gasteiger partial charge in [-0.2, -0.15) is 0 Å². The number of rotatable bonds is 6. The maximum atomic E-state index is 12.0. The summed E-state index contributed by atoms with van der Waals surface area (Å²) >= 11 is 6.02. The third kappa shape index (κ3) is 5.02. The highest BCUT2D eigenvalue weighted by atomic mass is 35.5. The van der Waals surface area contributed by atoms with Crippen LogP contribution in [0.25, 0.3) is 0 Å². The summed E-state index contributed by atoms with van der Waals surface area (Å²) in [4.78, 5) is 24.5. The van der Waals surface area contributed by atoms with Crippen molar-refractivity contribution in [1.29, 1.82) is 0 Å². The molecule has 3 N–H and O–H groups in total. The van der Waals surface area contributed by atoms with Crippen LogP contribution in [0.2, 0.25) is 5.02 Å². The second-order valence-electron chi connectivity index (χ2n) is 5.61. The summed E-state index contributed by atoms with van der Waals surface area (Å²) in [6.45, 7) is 2.40. The van der Waals surface area contributed by atoms with Gasteiger partial charge in [0.1, 0.15) is 0 Å². The van der Waals surface area contributed by atoms with Crippen molar-refractivity contribution >= 4 is 29.1 Å². The Morgan fingerprint density at radius 3 is 2.62 bits per heavy atom.